The monoisotopic (exact) mass is 547 g/mol. The highest BCUT2D eigenvalue weighted by molar-refractivity contribution is 9.10. The molecule has 8 heteroatoms. The van der Waals surface area contributed by atoms with E-state index in [9.17, 15) is 10.1 Å². The van der Waals surface area contributed by atoms with Gasteiger partial charge in [-0.1, -0.05) is 34.1 Å². The summed E-state index contributed by atoms with van der Waals surface area (Å²) in [7, 11) is 1.62. The van der Waals surface area contributed by atoms with Gasteiger partial charge >= 0.3 is 0 Å². The van der Waals surface area contributed by atoms with Crippen LogP contribution in [0.4, 0.5) is 5.69 Å². The summed E-state index contributed by atoms with van der Waals surface area (Å²) in [5.74, 6) is 1.26. The average Bonchev–Trinajstić information content (AvgIpc) is 3.17. The second-order valence-electron chi connectivity index (χ2n) is 7.49. The zero-order chi connectivity index (χ0) is 24.8. The fraction of sp³-hybridized carbons (Fsp3) is 0.148. The molecule has 176 valence electrons. The first kappa shape index (κ1) is 24.6. The molecule has 0 unspecified atom stereocenters. The lowest BCUT2D eigenvalue weighted by molar-refractivity contribution is -0.122. The van der Waals surface area contributed by atoms with Crippen LogP contribution < -0.4 is 9.47 Å². The van der Waals surface area contributed by atoms with E-state index in [2.05, 4.69) is 27.0 Å². The van der Waals surface area contributed by atoms with Crippen molar-refractivity contribution in [3.05, 3.63) is 92.8 Å². The number of benzene rings is 3. The quantitative estimate of drug-likeness (QED) is 0.314. The summed E-state index contributed by atoms with van der Waals surface area (Å²) in [6.07, 6.45) is 1.82. The molecule has 0 aliphatic carbocycles. The minimum absolute atomic E-state index is 0.106. The first-order valence-corrected chi connectivity index (χ1v) is 12.5. The van der Waals surface area contributed by atoms with Crippen LogP contribution in [-0.2, 0) is 11.4 Å². The zero-order valence-corrected chi connectivity index (χ0v) is 21.6. The maximum atomic E-state index is 13.1. The molecule has 0 saturated carbocycles. The van der Waals surface area contributed by atoms with Crippen molar-refractivity contribution in [3.63, 3.8) is 0 Å². The Hall–Kier alpha value is -3.54. The van der Waals surface area contributed by atoms with Gasteiger partial charge < -0.3 is 9.47 Å². The van der Waals surface area contributed by atoms with Crippen molar-refractivity contribution in [2.75, 3.05) is 13.7 Å². The standard InChI is InChI=1S/C27H22BrN3O3S/c1-3-31-26(32)25(35-27(31)30-22-9-11-23(33-2)12-10-22)15-20-14-21(28)8-13-24(20)34-17-19-7-5-4-6-18(19)16-29/h4-15H,3,17H2,1-2H3. The summed E-state index contributed by atoms with van der Waals surface area (Å²) in [5, 5.41) is 9.97. The van der Waals surface area contributed by atoms with E-state index in [4.69, 9.17) is 9.47 Å². The number of amides is 1. The van der Waals surface area contributed by atoms with Crippen LogP contribution in [-0.4, -0.2) is 29.6 Å². The molecule has 1 saturated heterocycles. The number of ether oxygens (including phenoxy) is 2. The number of hydrogen-bond acceptors (Lipinski definition) is 6. The van der Waals surface area contributed by atoms with E-state index in [-0.39, 0.29) is 12.5 Å². The average molecular weight is 548 g/mol. The molecule has 0 N–H and O–H groups in total. The molecule has 35 heavy (non-hydrogen) atoms. The molecule has 6 nitrogen and oxygen atoms in total. The molecule has 1 aliphatic heterocycles. The Labute approximate surface area is 217 Å². The number of aliphatic imine (C=N–C) groups is 1. The van der Waals surface area contributed by atoms with Gasteiger partial charge in [-0.05, 0) is 73.3 Å². The highest BCUT2D eigenvalue weighted by Gasteiger charge is 2.32. The van der Waals surface area contributed by atoms with Crippen molar-refractivity contribution in [1.29, 1.82) is 5.26 Å². The number of likely N-dealkylation sites (N-methyl/N-ethyl adjacent to an activating group) is 1. The number of nitrogens with zero attached hydrogens (tertiary/aromatic N) is 3. The van der Waals surface area contributed by atoms with Crippen LogP contribution in [0.3, 0.4) is 0 Å². The molecule has 1 aliphatic rings. The van der Waals surface area contributed by atoms with Gasteiger partial charge in [0.05, 0.1) is 29.3 Å². The lowest BCUT2D eigenvalue weighted by atomic mass is 10.1. The van der Waals surface area contributed by atoms with Crippen molar-refractivity contribution < 1.29 is 14.3 Å². The Morgan fingerprint density at radius 3 is 2.63 bits per heavy atom. The van der Waals surface area contributed by atoms with Crippen molar-refractivity contribution in [3.8, 4) is 17.6 Å². The van der Waals surface area contributed by atoms with E-state index < -0.39 is 0 Å². The Balaban J connectivity index is 1.62. The van der Waals surface area contributed by atoms with Crippen LogP contribution >= 0.6 is 27.7 Å². The fourth-order valence-electron chi connectivity index (χ4n) is 3.45. The fourth-order valence-corrected chi connectivity index (χ4v) is 4.89. The predicted molar refractivity (Wildman–Crippen MR) is 143 cm³/mol. The Bertz CT molecular complexity index is 1350. The first-order valence-electron chi connectivity index (χ1n) is 10.9. The maximum Gasteiger partial charge on any atom is 0.266 e. The van der Waals surface area contributed by atoms with Crippen LogP contribution in [0, 0.1) is 11.3 Å². The number of rotatable bonds is 7. The molecule has 0 aromatic heterocycles. The Morgan fingerprint density at radius 2 is 1.91 bits per heavy atom. The first-order chi connectivity index (χ1) is 17.0. The summed E-state index contributed by atoms with van der Waals surface area (Å²) in [6, 6.07) is 22.5. The van der Waals surface area contributed by atoms with Gasteiger partial charge in [-0.3, -0.25) is 9.69 Å². The van der Waals surface area contributed by atoms with Gasteiger partial charge in [-0.25, -0.2) is 4.99 Å². The zero-order valence-electron chi connectivity index (χ0n) is 19.2. The molecule has 1 amide bonds. The lowest BCUT2D eigenvalue weighted by Crippen LogP contribution is -2.28. The second kappa shape index (κ2) is 11.3. The molecule has 4 rings (SSSR count). The minimum atomic E-state index is -0.106. The number of hydrogen-bond donors (Lipinski definition) is 0. The molecule has 1 heterocycles. The van der Waals surface area contributed by atoms with Gasteiger partial charge in [0.1, 0.15) is 18.1 Å². The number of nitriles is 1. The number of halogens is 1. The van der Waals surface area contributed by atoms with Crippen LogP contribution in [0.15, 0.2) is 81.1 Å². The minimum Gasteiger partial charge on any atom is -0.497 e. The molecule has 0 bridgehead atoms. The van der Waals surface area contributed by atoms with E-state index in [1.807, 2.05) is 73.7 Å². The molecule has 3 aromatic rings. The predicted octanol–water partition coefficient (Wildman–Crippen LogP) is 6.53. The Kier molecular flexibility index (Phi) is 7.91. The van der Waals surface area contributed by atoms with Gasteiger partial charge in [0, 0.05) is 22.1 Å². The normalized spacial score (nSPS) is 15.5. The topological polar surface area (TPSA) is 74.9 Å². The summed E-state index contributed by atoms with van der Waals surface area (Å²) in [6.45, 7) is 2.67. The van der Waals surface area contributed by atoms with E-state index >= 15 is 0 Å². The Morgan fingerprint density at radius 1 is 1.14 bits per heavy atom. The van der Waals surface area contributed by atoms with E-state index in [1.165, 1.54) is 11.8 Å². The van der Waals surface area contributed by atoms with E-state index in [0.717, 1.165) is 27.0 Å². The third-order valence-electron chi connectivity index (χ3n) is 5.28. The highest BCUT2D eigenvalue weighted by atomic mass is 79.9. The molecule has 0 spiro atoms. The summed E-state index contributed by atoms with van der Waals surface area (Å²) >= 11 is 4.84. The molecule has 1 fully saturated rings. The van der Waals surface area contributed by atoms with Crippen LogP contribution in [0.25, 0.3) is 6.08 Å². The van der Waals surface area contributed by atoms with Crippen LogP contribution in [0.5, 0.6) is 11.5 Å². The number of carbonyl (C=O) groups excluding carboxylic acids is 1. The van der Waals surface area contributed by atoms with Gasteiger partial charge in [0.25, 0.3) is 5.91 Å². The van der Waals surface area contributed by atoms with Gasteiger partial charge in [-0.2, -0.15) is 5.26 Å². The number of carbonyl (C=O) groups is 1. The van der Waals surface area contributed by atoms with Crippen molar-refractivity contribution in [1.82, 2.24) is 4.90 Å². The smallest absolute Gasteiger partial charge is 0.266 e. The molecule has 3 aromatic carbocycles. The molecule has 0 radical (unpaired) electrons. The van der Waals surface area contributed by atoms with Crippen molar-refractivity contribution >= 4 is 50.5 Å². The third kappa shape index (κ3) is 5.76. The summed E-state index contributed by atoms with van der Waals surface area (Å²) < 4.78 is 12.1. The molecular weight excluding hydrogens is 526 g/mol. The molecule has 0 atom stereocenters. The second-order valence-corrected chi connectivity index (χ2v) is 9.42. The summed E-state index contributed by atoms with van der Waals surface area (Å²) in [5.41, 5.74) is 2.87. The molecular formula is C27H22BrN3O3S. The SMILES string of the molecule is CCN1C(=O)C(=Cc2cc(Br)ccc2OCc2ccccc2C#N)SC1=Nc1ccc(OC)cc1. The van der Waals surface area contributed by atoms with Gasteiger partial charge in [0.15, 0.2) is 5.17 Å². The highest BCUT2D eigenvalue weighted by Crippen LogP contribution is 2.36. The number of methoxy groups -OCH3 is 1. The van der Waals surface area contributed by atoms with Crippen molar-refractivity contribution in [2.24, 2.45) is 4.99 Å². The largest absolute Gasteiger partial charge is 0.497 e. The third-order valence-corrected chi connectivity index (χ3v) is 6.78. The number of thioether (sulfide) groups is 1. The maximum absolute atomic E-state index is 13.1. The van der Waals surface area contributed by atoms with E-state index in [0.29, 0.717) is 27.9 Å². The number of amidine groups is 1. The van der Waals surface area contributed by atoms with Gasteiger partial charge in [-0.15, -0.1) is 0 Å². The van der Waals surface area contributed by atoms with Crippen molar-refractivity contribution in [2.45, 2.75) is 13.5 Å². The summed E-state index contributed by atoms with van der Waals surface area (Å²) in [4.78, 5) is 20.0. The van der Waals surface area contributed by atoms with E-state index in [1.54, 1.807) is 18.1 Å². The van der Waals surface area contributed by atoms with Crippen LogP contribution in [0.1, 0.15) is 23.6 Å². The van der Waals surface area contributed by atoms with Gasteiger partial charge in [0.2, 0.25) is 0 Å². The lowest BCUT2D eigenvalue weighted by Gasteiger charge is -2.12. The van der Waals surface area contributed by atoms with Crippen LogP contribution in [0.2, 0.25) is 0 Å².